The zero-order valence-electron chi connectivity index (χ0n) is 5.81. The van der Waals surface area contributed by atoms with Crippen LogP contribution >= 0.6 is 0 Å². The highest BCUT2D eigenvalue weighted by Gasteiger charge is 2.35. The normalized spacial score (nSPS) is 22.2. The van der Waals surface area contributed by atoms with E-state index in [4.69, 9.17) is 11.2 Å². The zero-order valence-corrected chi connectivity index (χ0v) is 5.81. The Kier molecular flexibility index (Phi) is 1.78. The minimum atomic E-state index is 0.356. The first-order valence-corrected chi connectivity index (χ1v) is 3.34. The summed E-state index contributed by atoms with van der Waals surface area (Å²) in [6, 6.07) is 0. The standard InChI is InChI=1S/C8H12O/c1-3-5-8(4-2)6-9-7-8/h1H,4-7H2,2H3. The molecule has 0 aromatic carbocycles. The van der Waals surface area contributed by atoms with Crippen molar-refractivity contribution in [3.8, 4) is 12.3 Å². The SMILES string of the molecule is C#CCC1(CC)COC1. The minimum absolute atomic E-state index is 0.356. The number of hydrogen-bond acceptors (Lipinski definition) is 1. The first-order valence-electron chi connectivity index (χ1n) is 3.34. The fourth-order valence-electron chi connectivity index (χ4n) is 1.04. The van der Waals surface area contributed by atoms with E-state index in [1.807, 2.05) is 0 Å². The quantitative estimate of drug-likeness (QED) is 0.506. The van der Waals surface area contributed by atoms with Gasteiger partial charge in [0.05, 0.1) is 13.2 Å². The molecule has 1 heteroatoms. The van der Waals surface area contributed by atoms with Crippen LogP contribution in [0.25, 0.3) is 0 Å². The molecule has 9 heavy (non-hydrogen) atoms. The van der Waals surface area contributed by atoms with E-state index in [1.165, 1.54) is 0 Å². The Morgan fingerprint density at radius 3 is 2.44 bits per heavy atom. The molecule has 50 valence electrons. The maximum Gasteiger partial charge on any atom is 0.0553 e. The fourth-order valence-corrected chi connectivity index (χ4v) is 1.04. The molecule has 1 fully saturated rings. The van der Waals surface area contributed by atoms with Crippen LogP contribution in [-0.2, 0) is 4.74 Å². The van der Waals surface area contributed by atoms with Crippen molar-refractivity contribution in [2.75, 3.05) is 13.2 Å². The average Bonchev–Trinajstić information content (AvgIpc) is 1.79. The third-order valence-corrected chi connectivity index (χ3v) is 2.04. The van der Waals surface area contributed by atoms with Crippen LogP contribution in [0, 0.1) is 17.8 Å². The summed E-state index contributed by atoms with van der Waals surface area (Å²) in [6.45, 7) is 3.90. The van der Waals surface area contributed by atoms with E-state index in [1.54, 1.807) is 0 Å². The third kappa shape index (κ3) is 1.09. The third-order valence-electron chi connectivity index (χ3n) is 2.04. The molecule has 0 atom stereocenters. The Balaban J connectivity index is 2.39. The first kappa shape index (κ1) is 6.64. The second-order valence-corrected chi connectivity index (χ2v) is 2.73. The van der Waals surface area contributed by atoms with Gasteiger partial charge in [0.25, 0.3) is 0 Å². The van der Waals surface area contributed by atoms with Crippen molar-refractivity contribution in [3.63, 3.8) is 0 Å². The molecule has 0 spiro atoms. The van der Waals surface area contributed by atoms with Crippen molar-refractivity contribution in [2.24, 2.45) is 5.41 Å². The van der Waals surface area contributed by atoms with Crippen molar-refractivity contribution in [3.05, 3.63) is 0 Å². The van der Waals surface area contributed by atoms with Crippen LogP contribution in [0.2, 0.25) is 0 Å². The number of terminal acetylenes is 1. The molecule has 0 unspecified atom stereocenters. The van der Waals surface area contributed by atoms with E-state index in [0.29, 0.717) is 5.41 Å². The van der Waals surface area contributed by atoms with E-state index in [2.05, 4.69) is 12.8 Å². The maximum absolute atomic E-state index is 5.19. The first-order chi connectivity index (χ1) is 4.33. The molecule has 0 bridgehead atoms. The number of ether oxygens (including phenoxy) is 1. The van der Waals surface area contributed by atoms with Crippen molar-refractivity contribution in [1.29, 1.82) is 0 Å². The molecule has 1 saturated heterocycles. The molecular weight excluding hydrogens is 112 g/mol. The lowest BCUT2D eigenvalue weighted by atomic mass is 9.80. The smallest absolute Gasteiger partial charge is 0.0553 e. The molecule has 1 nitrogen and oxygen atoms in total. The van der Waals surface area contributed by atoms with Crippen molar-refractivity contribution in [2.45, 2.75) is 19.8 Å². The Hall–Kier alpha value is -0.480. The van der Waals surface area contributed by atoms with Crippen LogP contribution in [0.4, 0.5) is 0 Å². The second kappa shape index (κ2) is 2.41. The maximum atomic E-state index is 5.19. The van der Waals surface area contributed by atoms with Gasteiger partial charge in [-0.2, -0.15) is 0 Å². The largest absolute Gasteiger partial charge is 0.380 e. The zero-order chi connectivity index (χ0) is 6.74. The number of hydrogen-bond donors (Lipinski definition) is 0. The topological polar surface area (TPSA) is 9.23 Å². The summed E-state index contributed by atoms with van der Waals surface area (Å²) >= 11 is 0. The average molecular weight is 124 g/mol. The Morgan fingerprint density at radius 2 is 2.33 bits per heavy atom. The fraction of sp³-hybridized carbons (Fsp3) is 0.750. The van der Waals surface area contributed by atoms with Gasteiger partial charge in [-0.15, -0.1) is 12.3 Å². The van der Waals surface area contributed by atoms with Gasteiger partial charge < -0.3 is 4.74 Å². The van der Waals surface area contributed by atoms with Crippen molar-refractivity contribution in [1.82, 2.24) is 0 Å². The van der Waals surface area contributed by atoms with Gasteiger partial charge in [0.2, 0.25) is 0 Å². The summed E-state index contributed by atoms with van der Waals surface area (Å²) in [5, 5.41) is 0. The van der Waals surface area contributed by atoms with Gasteiger partial charge in [0.1, 0.15) is 0 Å². The van der Waals surface area contributed by atoms with Crippen LogP contribution in [0.1, 0.15) is 19.8 Å². The van der Waals surface area contributed by atoms with Crippen LogP contribution in [0.5, 0.6) is 0 Å². The summed E-state index contributed by atoms with van der Waals surface area (Å²) in [4.78, 5) is 0. The molecule has 0 aromatic rings. The van der Waals surface area contributed by atoms with E-state index < -0.39 is 0 Å². The van der Waals surface area contributed by atoms with E-state index in [-0.39, 0.29) is 0 Å². The highest BCUT2D eigenvalue weighted by atomic mass is 16.5. The van der Waals surface area contributed by atoms with Gasteiger partial charge in [-0.1, -0.05) is 6.92 Å². The molecule has 0 amide bonds. The lowest BCUT2D eigenvalue weighted by Crippen LogP contribution is -2.41. The van der Waals surface area contributed by atoms with Gasteiger partial charge in [0.15, 0.2) is 0 Å². The summed E-state index contributed by atoms with van der Waals surface area (Å²) in [6.07, 6.45) is 7.22. The summed E-state index contributed by atoms with van der Waals surface area (Å²) in [7, 11) is 0. The molecular formula is C8H12O. The number of rotatable bonds is 2. The highest BCUT2D eigenvalue weighted by molar-refractivity contribution is 4.97. The van der Waals surface area contributed by atoms with E-state index in [9.17, 15) is 0 Å². The monoisotopic (exact) mass is 124 g/mol. The van der Waals surface area contributed by atoms with Gasteiger partial charge in [0, 0.05) is 11.8 Å². The van der Waals surface area contributed by atoms with Crippen molar-refractivity contribution >= 4 is 0 Å². The van der Waals surface area contributed by atoms with E-state index in [0.717, 1.165) is 26.1 Å². The Bertz CT molecular complexity index is 122. The van der Waals surface area contributed by atoms with Crippen LogP contribution in [0.15, 0.2) is 0 Å². The van der Waals surface area contributed by atoms with Crippen LogP contribution < -0.4 is 0 Å². The van der Waals surface area contributed by atoms with E-state index >= 15 is 0 Å². The Labute approximate surface area is 56.4 Å². The minimum Gasteiger partial charge on any atom is -0.380 e. The molecule has 0 N–H and O–H groups in total. The second-order valence-electron chi connectivity index (χ2n) is 2.73. The molecule has 1 aliphatic heterocycles. The Morgan fingerprint density at radius 1 is 1.67 bits per heavy atom. The van der Waals surface area contributed by atoms with Gasteiger partial charge >= 0.3 is 0 Å². The summed E-state index contributed by atoms with van der Waals surface area (Å²) in [5.41, 5.74) is 0.356. The molecule has 0 aromatic heterocycles. The van der Waals surface area contributed by atoms with Gasteiger partial charge in [-0.05, 0) is 6.42 Å². The highest BCUT2D eigenvalue weighted by Crippen LogP contribution is 2.34. The lowest BCUT2D eigenvalue weighted by Gasteiger charge is -2.39. The predicted molar refractivity (Wildman–Crippen MR) is 37.0 cm³/mol. The predicted octanol–water partition coefficient (Wildman–Crippen LogP) is 1.44. The molecule has 1 aliphatic rings. The lowest BCUT2D eigenvalue weighted by molar-refractivity contribution is -0.111. The van der Waals surface area contributed by atoms with Crippen LogP contribution in [0.3, 0.4) is 0 Å². The molecule has 0 aliphatic carbocycles. The summed E-state index contributed by atoms with van der Waals surface area (Å²) < 4.78 is 5.09. The van der Waals surface area contributed by atoms with Gasteiger partial charge in [-0.25, -0.2) is 0 Å². The molecule has 1 rings (SSSR count). The summed E-state index contributed by atoms with van der Waals surface area (Å²) in [5.74, 6) is 2.68. The van der Waals surface area contributed by atoms with Crippen LogP contribution in [-0.4, -0.2) is 13.2 Å². The molecule has 1 heterocycles. The molecule has 0 saturated carbocycles. The van der Waals surface area contributed by atoms with Gasteiger partial charge in [-0.3, -0.25) is 0 Å². The van der Waals surface area contributed by atoms with Crippen molar-refractivity contribution < 1.29 is 4.74 Å². The molecule has 0 radical (unpaired) electrons.